The van der Waals surface area contributed by atoms with Crippen LogP contribution in [-0.4, -0.2) is 24.6 Å². The van der Waals surface area contributed by atoms with E-state index in [0.29, 0.717) is 5.56 Å². The number of carbonyl (C=O) groups is 2. The molecular weight excluding hydrogens is 322 g/mol. The van der Waals surface area contributed by atoms with Crippen LogP contribution in [0.1, 0.15) is 30.6 Å². The van der Waals surface area contributed by atoms with Crippen molar-refractivity contribution in [1.82, 2.24) is 10.7 Å². The van der Waals surface area contributed by atoms with Gasteiger partial charge in [0, 0.05) is 23.7 Å². The summed E-state index contributed by atoms with van der Waals surface area (Å²) >= 11 is 3.31. The number of nitrogens with zero attached hydrogens (tertiary/aromatic N) is 1. The molecule has 108 valence electrons. The lowest BCUT2D eigenvalue weighted by Gasteiger charge is -2.06. The van der Waals surface area contributed by atoms with Gasteiger partial charge in [-0.25, -0.2) is 5.43 Å². The molecular formula is C14H18BrN3O2. The molecule has 1 rings (SSSR count). The minimum atomic E-state index is -0.227. The van der Waals surface area contributed by atoms with Gasteiger partial charge in [0.25, 0.3) is 5.91 Å². The number of hydrogen-bond acceptors (Lipinski definition) is 3. The fourth-order valence-corrected chi connectivity index (χ4v) is 1.81. The van der Waals surface area contributed by atoms with Gasteiger partial charge in [0.2, 0.25) is 5.91 Å². The van der Waals surface area contributed by atoms with Gasteiger partial charge in [0.1, 0.15) is 0 Å². The number of hydrazone groups is 1. The molecule has 0 unspecified atom stereocenters. The van der Waals surface area contributed by atoms with Crippen LogP contribution in [0.15, 0.2) is 33.8 Å². The van der Waals surface area contributed by atoms with E-state index in [2.05, 4.69) is 31.8 Å². The van der Waals surface area contributed by atoms with Crippen molar-refractivity contribution in [3.05, 3.63) is 34.3 Å². The second-order valence-corrected chi connectivity index (χ2v) is 5.40. The molecule has 20 heavy (non-hydrogen) atoms. The average Bonchev–Trinajstić information content (AvgIpc) is 2.38. The van der Waals surface area contributed by atoms with Crippen molar-refractivity contribution in [2.24, 2.45) is 11.0 Å². The average molecular weight is 340 g/mol. The molecule has 0 aliphatic carbocycles. The predicted octanol–water partition coefficient (Wildman–Crippen LogP) is 2.33. The molecule has 0 saturated heterocycles. The van der Waals surface area contributed by atoms with E-state index in [0.717, 1.165) is 4.47 Å². The van der Waals surface area contributed by atoms with E-state index in [1.54, 1.807) is 24.4 Å². The van der Waals surface area contributed by atoms with Gasteiger partial charge in [-0.3, -0.25) is 9.59 Å². The molecule has 0 aromatic heterocycles. The number of halogens is 1. The first-order chi connectivity index (χ1) is 9.50. The quantitative estimate of drug-likeness (QED) is 0.616. The standard InChI is InChI=1S/C14H18BrN3O2/c1-10(2)9-17-18-13(19)7-8-16-14(20)11-5-3-4-6-12(11)15/h3-6,9-10H,7-8H2,1-2H3,(H,16,20)(H,18,19). The van der Waals surface area contributed by atoms with E-state index in [1.807, 2.05) is 19.9 Å². The summed E-state index contributed by atoms with van der Waals surface area (Å²) in [5.74, 6) is -0.157. The Labute approximate surface area is 127 Å². The number of benzene rings is 1. The first-order valence-corrected chi connectivity index (χ1v) is 7.14. The number of hydrogen-bond donors (Lipinski definition) is 2. The van der Waals surface area contributed by atoms with Gasteiger partial charge in [0.15, 0.2) is 0 Å². The van der Waals surface area contributed by atoms with Crippen LogP contribution in [0.25, 0.3) is 0 Å². The topological polar surface area (TPSA) is 70.6 Å². The SMILES string of the molecule is CC(C)C=NNC(=O)CCNC(=O)c1ccccc1Br. The fraction of sp³-hybridized carbons (Fsp3) is 0.357. The van der Waals surface area contributed by atoms with Crippen molar-refractivity contribution in [3.8, 4) is 0 Å². The smallest absolute Gasteiger partial charge is 0.252 e. The Balaban J connectivity index is 2.32. The van der Waals surface area contributed by atoms with Gasteiger partial charge in [0.05, 0.1) is 5.56 Å². The van der Waals surface area contributed by atoms with Crippen molar-refractivity contribution in [1.29, 1.82) is 0 Å². The Morgan fingerprint density at radius 1 is 1.35 bits per heavy atom. The normalized spacial score (nSPS) is 10.8. The van der Waals surface area contributed by atoms with Crippen molar-refractivity contribution >= 4 is 34.0 Å². The highest BCUT2D eigenvalue weighted by Crippen LogP contribution is 2.15. The highest BCUT2D eigenvalue weighted by molar-refractivity contribution is 9.10. The first-order valence-electron chi connectivity index (χ1n) is 6.35. The molecule has 0 aliphatic rings. The van der Waals surface area contributed by atoms with Crippen LogP contribution in [0.4, 0.5) is 0 Å². The van der Waals surface area contributed by atoms with Crippen LogP contribution < -0.4 is 10.7 Å². The summed E-state index contributed by atoms with van der Waals surface area (Å²) in [6, 6.07) is 7.13. The lowest BCUT2D eigenvalue weighted by Crippen LogP contribution is -2.29. The van der Waals surface area contributed by atoms with Crippen molar-refractivity contribution < 1.29 is 9.59 Å². The molecule has 6 heteroatoms. The molecule has 1 aromatic rings. The van der Waals surface area contributed by atoms with Crippen LogP contribution in [0.2, 0.25) is 0 Å². The van der Waals surface area contributed by atoms with Crippen LogP contribution >= 0.6 is 15.9 Å². The zero-order chi connectivity index (χ0) is 15.0. The molecule has 1 aromatic carbocycles. The number of amides is 2. The Bertz CT molecular complexity index is 501. The summed E-state index contributed by atoms with van der Waals surface area (Å²) < 4.78 is 0.725. The van der Waals surface area contributed by atoms with Crippen molar-refractivity contribution in [2.45, 2.75) is 20.3 Å². The maximum Gasteiger partial charge on any atom is 0.252 e. The second-order valence-electron chi connectivity index (χ2n) is 4.54. The van der Waals surface area contributed by atoms with Crippen LogP contribution in [0, 0.1) is 5.92 Å². The Hall–Kier alpha value is -1.69. The maximum absolute atomic E-state index is 11.8. The van der Waals surface area contributed by atoms with E-state index >= 15 is 0 Å². The molecule has 5 nitrogen and oxygen atoms in total. The molecule has 0 aliphatic heterocycles. The van der Waals surface area contributed by atoms with E-state index in [1.165, 1.54) is 0 Å². The van der Waals surface area contributed by atoms with Gasteiger partial charge in [-0.1, -0.05) is 26.0 Å². The molecule has 0 spiro atoms. The Kier molecular flexibility index (Phi) is 6.93. The molecule has 2 amide bonds. The summed E-state index contributed by atoms with van der Waals surface area (Å²) in [5.41, 5.74) is 2.96. The third-order valence-corrected chi connectivity index (χ3v) is 3.01. The van der Waals surface area contributed by atoms with Crippen LogP contribution in [-0.2, 0) is 4.79 Å². The molecule has 0 bridgehead atoms. The number of carbonyl (C=O) groups excluding carboxylic acids is 2. The van der Waals surface area contributed by atoms with E-state index in [9.17, 15) is 9.59 Å². The van der Waals surface area contributed by atoms with E-state index in [-0.39, 0.29) is 30.7 Å². The van der Waals surface area contributed by atoms with E-state index in [4.69, 9.17) is 0 Å². The molecule has 0 saturated carbocycles. The summed E-state index contributed by atoms with van der Waals surface area (Å²) in [7, 11) is 0. The Morgan fingerprint density at radius 3 is 2.70 bits per heavy atom. The lowest BCUT2D eigenvalue weighted by molar-refractivity contribution is -0.120. The highest BCUT2D eigenvalue weighted by Gasteiger charge is 2.09. The molecule has 0 atom stereocenters. The monoisotopic (exact) mass is 339 g/mol. The fourth-order valence-electron chi connectivity index (χ4n) is 1.34. The largest absolute Gasteiger partial charge is 0.351 e. The Morgan fingerprint density at radius 2 is 2.05 bits per heavy atom. The maximum atomic E-state index is 11.8. The van der Waals surface area contributed by atoms with Crippen LogP contribution in [0.3, 0.4) is 0 Å². The summed E-state index contributed by atoms with van der Waals surface area (Å²) in [6.07, 6.45) is 1.84. The predicted molar refractivity (Wildman–Crippen MR) is 82.6 cm³/mol. The zero-order valence-corrected chi connectivity index (χ0v) is 13.1. The number of rotatable bonds is 6. The van der Waals surface area contributed by atoms with Crippen molar-refractivity contribution in [3.63, 3.8) is 0 Å². The third-order valence-electron chi connectivity index (χ3n) is 2.32. The molecule has 0 heterocycles. The van der Waals surface area contributed by atoms with Gasteiger partial charge in [-0.2, -0.15) is 5.10 Å². The van der Waals surface area contributed by atoms with Gasteiger partial charge < -0.3 is 5.32 Å². The van der Waals surface area contributed by atoms with Gasteiger partial charge in [-0.15, -0.1) is 0 Å². The van der Waals surface area contributed by atoms with Crippen LogP contribution in [0.5, 0.6) is 0 Å². The summed E-state index contributed by atoms with van der Waals surface area (Å²) in [6.45, 7) is 4.20. The lowest BCUT2D eigenvalue weighted by atomic mass is 10.2. The van der Waals surface area contributed by atoms with E-state index < -0.39 is 0 Å². The summed E-state index contributed by atoms with van der Waals surface area (Å²) in [5, 5.41) is 6.48. The van der Waals surface area contributed by atoms with Gasteiger partial charge >= 0.3 is 0 Å². The minimum Gasteiger partial charge on any atom is -0.351 e. The molecule has 0 fully saturated rings. The van der Waals surface area contributed by atoms with Gasteiger partial charge in [-0.05, 0) is 34.0 Å². The third kappa shape index (κ3) is 5.97. The van der Waals surface area contributed by atoms with Crippen molar-refractivity contribution in [2.75, 3.05) is 6.54 Å². The summed E-state index contributed by atoms with van der Waals surface area (Å²) in [4.78, 5) is 23.3. The molecule has 2 N–H and O–H groups in total. The number of nitrogens with one attached hydrogen (secondary N) is 2. The zero-order valence-electron chi connectivity index (χ0n) is 11.5. The second kappa shape index (κ2) is 8.47. The minimum absolute atomic E-state index is 0.186. The highest BCUT2D eigenvalue weighted by atomic mass is 79.9. The first kappa shape index (κ1) is 16.4. The molecule has 0 radical (unpaired) electrons.